The predicted molar refractivity (Wildman–Crippen MR) is 63.4 cm³/mol. The summed E-state index contributed by atoms with van der Waals surface area (Å²) in [7, 11) is 0. The van der Waals surface area contributed by atoms with Crippen molar-refractivity contribution in [2.45, 2.75) is 25.0 Å². The lowest BCUT2D eigenvalue weighted by atomic mass is 9.82. The SMILES string of the molecule is CC(C)(n1cncn1)C1(c2ccc(F)cc2)CO1. The Labute approximate surface area is 104 Å². The van der Waals surface area contributed by atoms with Gasteiger partial charge in [-0.05, 0) is 31.5 Å². The van der Waals surface area contributed by atoms with Crippen LogP contribution in [0.3, 0.4) is 0 Å². The first kappa shape index (κ1) is 11.3. The minimum absolute atomic E-state index is 0.242. The average Bonchev–Trinajstić information content (AvgIpc) is 2.98. The first-order chi connectivity index (χ1) is 8.56. The first-order valence-electron chi connectivity index (χ1n) is 5.81. The molecule has 0 amide bonds. The molecule has 0 saturated carbocycles. The summed E-state index contributed by atoms with van der Waals surface area (Å²) in [4.78, 5) is 3.97. The van der Waals surface area contributed by atoms with Crippen LogP contribution in [0.15, 0.2) is 36.9 Å². The Kier molecular flexibility index (Phi) is 2.28. The van der Waals surface area contributed by atoms with Gasteiger partial charge in [0.1, 0.15) is 24.1 Å². The second-order valence-electron chi connectivity index (χ2n) is 5.02. The molecule has 1 aliphatic heterocycles. The van der Waals surface area contributed by atoms with Crippen LogP contribution < -0.4 is 0 Å². The van der Waals surface area contributed by atoms with Gasteiger partial charge in [-0.15, -0.1) is 0 Å². The third-order valence-corrected chi connectivity index (χ3v) is 3.72. The highest BCUT2D eigenvalue weighted by Gasteiger charge is 2.59. The summed E-state index contributed by atoms with van der Waals surface area (Å²) >= 11 is 0. The molecule has 94 valence electrons. The predicted octanol–water partition coefficient (Wildman–Crippen LogP) is 2.08. The molecule has 1 aromatic carbocycles. The van der Waals surface area contributed by atoms with Crippen LogP contribution in [0.1, 0.15) is 19.4 Å². The highest BCUT2D eigenvalue weighted by Crippen LogP contribution is 2.51. The normalized spacial score (nSPS) is 23.1. The number of rotatable bonds is 3. The lowest BCUT2D eigenvalue weighted by molar-refractivity contribution is 0.128. The van der Waals surface area contributed by atoms with Gasteiger partial charge in [-0.1, -0.05) is 12.1 Å². The van der Waals surface area contributed by atoms with Gasteiger partial charge in [0.05, 0.1) is 12.1 Å². The van der Waals surface area contributed by atoms with Gasteiger partial charge in [0.15, 0.2) is 0 Å². The number of benzene rings is 1. The topological polar surface area (TPSA) is 43.2 Å². The summed E-state index contributed by atoms with van der Waals surface area (Å²) in [6.45, 7) is 4.68. The van der Waals surface area contributed by atoms with E-state index < -0.39 is 5.60 Å². The molecule has 1 fully saturated rings. The van der Waals surface area contributed by atoms with Gasteiger partial charge in [-0.25, -0.2) is 14.1 Å². The minimum Gasteiger partial charge on any atom is -0.362 e. The zero-order valence-corrected chi connectivity index (χ0v) is 10.3. The number of aromatic nitrogens is 3. The third-order valence-electron chi connectivity index (χ3n) is 3.72. The van der Waals surface area contributed by atoms with E-state index in [1.807, 2.05) is 13.8 Å². The van der Waals surface area contributed by atoms with E-state index in [1.54, 1.807) is 23.1 Å². The summed E-state index contributed by atoms with van der Waals surface area (Å²) in [5, 5.41) is 4.19. The number of hydrogen-bond acceptors (Lipinski definition) is 3. The van der Waals surface area contributed by atoms with Gasteiger partial charge in [0, 0.05) is 0 Å². The van der Waals surface area contributed by atoms with E-state index in [9.17, 15) is 4.39 Å². The monoisotopic (exact) mass is 247 g/mol. The summed E-state index contributed by atoms with van der Waals surface area (Å²) < 4.78 is 20.5. The smallest absolute Gasteiger partial charge is 0.141 e. The van der Waals surface area contributed by atoms with Crippen molar-refractivity contribution in [2.75, 3.05) is 6.61 Å². The Morgan fingerprint density at radius 2 is 2.00 bits per heavy atom. The molecule has 4 nitrogen and oxygen atoms in total. The number of halogens is 1. The molecule has 0 spiro atoms. The summed E-state index contributed by atoms with van der Waals surface area (Å²) in [6, 6.07) is 6.44. The summed E-state index contributed by atoms with van der Waals surface area (Å²) in [5.74, 6) is -0.242. The molecule has 1 atom stereocenters. The molecular weight excluding hydrogens is 233 g/mol. The Morgan fingerprint density at radius 3 is 2.50 bits per heavy atom. The van der Waals surface area contributed by atoms with Crippen molar-refractivity contribution in [2.24, 2.45) is 0 Å². The van der Waals surface area contributed by atoms with E-state index in [1.165, 1.54) is 18.5 Å². The second-order valence-corrected chi connectivity index (χ2v) is 5.02. The minimum atomic E-state index is -0.450. The molecule has 2 aromatic rings. The highest BCUT2D eigenvalue weighted by molar-refractivity contribution is 5.31. The number of hydrogen-bond donors (Lipinski definition) is 0. The second kappa shape index (κ2) is 3.62. The molecule has 1 aromatic heterocycles. The van der Waals surface area contributed by atoms with Gasteiger partial charge in [0.25, 0.3) is 0 Å². The Bertz CT molecular complexity index is 544. The maximum absolute atomic E-state index is 13.0. The summed E-state index contributed by atoms with van der Waals surface area (Å²) in [5.41, 5.74) is 0.139. The van der Waals surface area contributed by atoms with Gasteiger partial charge in [0.2, 0.25) is 0 Å². The van der Waals surface area contributed by atoms with Crippen LogP contribution in [0.5, 0.6) is 0 Å². The Morgan fingerprint density at radius 1 is 1.33 bits per heavy atom. The molecular formula is C13H14FN3O. The quantitative estimate of drug-likeness (QED) is 0.780. The average molecular weight is 247 g/mol. The van der Waals surface area contributed by atoms with E-state index >= 15 is 0 Å². The van der Waals surface area contributed by atoms with Crippen molar-refractivity contribution < 1.29 is 9.13 Å². The van der Waals surface area contributed by atoms with E-state index in [0.717, 1.165) is 5.56 Å². The fourth-order valence-electron chi connectivity index (χ4n) is 2.35. The highest BCUT2D eigenvalue weighted by atomic mass is 19.1. The molecule has 0 radical (unpaired) electrons. The van der Waals surface area contributed by atoms with Crippen molar-refractivity contribution in [1.82, 2.24) is 14.8 Å². The van der Waals surface area contributed by atoms with Crippen molar-refractivity contribution >= 4 is 0 Å². The zero-order chi connectivity index (χ0) is 12.8. The fraction of sp³-hybridized carbons (Fsp3) is 0.385. The standard InChI is InChI=1S/C13H14FN3O/c1-12(2,17-9-15-8-16-17)13(7-18-13)10-3-5-11(14)6-4-10/h3-6,8-9H,7H2,1-2H3. The largest absolute Gasteiger partial charge is 0.362 e. The van der Waals surface area contributed by atoms with Crippen molar-refractivity contribution in [1.29, 1.82) is 0 Å². The van der Waals surface area contributed by atoms with Gasteiger partial charge >= 0.3 is 0 Å². The number of epoxide rings is 1. The van der Waals surface area contributed by atoms with Crippen LogP contribution >= 0.6 is 0 Å². The van der Waals surface area contributed by atoms with Crippen LogP contribution in [0.2, 0.25) is 0 Å². The Balaban J connectivity index is 2.03. The van der Waals surface area contributed by atoms with Gasteiger partial charge in [-0.2, -0.15) is 5.10 Å². The maximum atomic E-state index is 13.0. The molecule has 5 heteroatoms. The molecule has 0 N–H and O–H groups in total. The zero-order valence-electron chi connectivity index (χ0n) is 10.3. The number of nitrogens with zero attached hydrogens (tertiary/aromatic N) is 3. The molecule has 1 unspecified atom stereocenters. The van der Waals surface area contributed by atoms with Crippen LogP contribution in [0, 0.1) is 5.82 Å². The van der Waals surface area contributed by atoms with Crippen LogP contribution in [0.25, 0.3) is 0 Å². The molecule has 18 heavy (non-hydrogen) atoms. The lowest BCUT2D eigenvalue weighted by Crippen LogP contribution is -2.41. The Hall–Kier alpha value is -1.75. The van der Waals surface area contributed by atoms with E-state index in [-0.39, 0.29) is 11.4 Å². The van der Waals surface area contributed by atoms with Crippen molar-refractivity contribution in [3.63, 3.8) is 0 Å². The van der Waals surface area contributed by atoms with Gasteiger partial charge in [-0.3, -0.25) is 0 Å². The molecule has 0 aliphatic carbocycles. The maximum Gasteiger partial charge on any atom is 0.141 e. The van der Waals surface area contributed by atoms with Crippen molar-refractivity contribution in [3.8, 4) is 0 Å². The van der Waals surface area contributed by atoms with Crippen LogP contribution in [-0.2, 0) is 15.9 Å². The lowest BCUT2D eigenvalue weighted by Gasteiger charge is -2.32. The van der Waals surface area contributed by atoms with Gasteiger partial charge < -0.3 is 4.74 Å². The summed E-state index contributed by atoms with van der Waals surface area (Å²) in [6.07, 6.45) is 3.18. The number of ether oxygens (including phenoxy) is 1. The molecule has 0 bridgehead atoms. The van der Waals surface area contributed by atoms with Crippen LogP contribution in [0.4, 0.5) is 4.39 Å². The molecule has 3 rings (SSSR count). The first-order valence-corrected chi connectivity index (χ1v) is 5.81. The molecule has 2 heterocycles. The van der Waals surface area contributed by atoms with E-state index in [4.69, 9.17) is 4.74 Å². The van der Waals surface area contributed by atoms with Crippen molar-refractivity contribution in [3.05, 3.63) is 48.3 Å². The molecule has 1 saturated heterocycles. The third kappa shape index (κ3) is 1.47. The fourth-order valence-corrected chi connectivity index (χ4v) is 2.35. The van der Waals surface area contributed by atoms with E-state index in [0.29, 0.717) is 6.61 Å². The van der Waals surface area contributed by atoms with E-state index in [2.05, 4.69) is 10.1 Å². The van der Waals surface area contributed by atoms with Crippen LogP contribution in [-0.4, -0.2) is 21.4 Å². The molecule has 1 aliphatic rings.